The van der Waals surface area contributed by atoms with Crippen LogP contribution >= 0.6 is 27.5 Å². The Morgan fingerprint density at radius 3 is 0.955 bits per heavy atom. The van der Waals surface area contributed by atoms with Crippen LogP contribution in [0.2, 0.25) is 5.02 Å². The third-order valence-corrected chi connectivity index (χ3v) is 38.7. The molecule has 0 atom stereocenters. The molecule has 4 aliphatic rings. The molecule has 0 radical (unpaired) electrons. The number of rotatable bonds is 13. The first kappa shape index (κ1) is 86.9. The van der Waals surface area contributed by atoms with E-state index in [2.05, 4.69) is 560 Å². The highest BCUT2D eigenvalue weighted by molar-refractivity contribution is 9.10. The van der Waals surface area contributed by atoms with Crippen LogP contribution in [0.5, 0.6) is 0 Å². The Hall–Kier alpha value is -13.8. The zero-order chi connectivity index (χ0) is 92.2. The van der Waals surface area contributed by atoms with E-state index in [0.717, 1.165) is 78.2 Å². The van der Waals surface area contributed by atoms with E-state index in [9.17, 15) is 0 Å². The van der Waals surface area contributed by atoms with Crippen LogP contribution in [-0.2, 0) is 21.7 Å². The lowest BCUT2D eigenvalue weighted by Crippen LogP contribution is -2.88. The molecular weight excluding hydrogens is 1740 g/mol. The van der Waals surface area contributed by atoms with Crippen molar-refractivity contribution < 1.29 is 0 Å². The van der Waals surface area contributed by atoms with Crippen LogP contribution in [0.3, 0.4) is 0 Å². The molecule has 18 aromatic carbocycles. The minimum Gasteiger partial charge on any atom is -0.311 e. The fraction of sp³-hybridized carbons (Fsp3) is 0.129. The summed E-state index contributed by atoms with van der Waals surface area (Å²) in [5.74, 6) is 0. The van der Waals surface area contributed by atoms with Crippen molar-refractivity contribution in [1.29, 1.82) is 0 Å². The van der Waals surface area contributed by atoms with E-state index in [4.69, 9.17) is 11.6 Å². The summed E-state index contributed by atoms with van der Waals surface area (Å²) in [6.45, 7) is 27.3. The van der Waals surface area contributed by atoms with Crippen molar-refractivity contribution in [3.8, 4) is 22.3 Å². The Morgan fingerprint density at radius 1 is 0.239 bits per heavy atom. The number of hydrogen-bond donors (Lipinski definition) is 0. The molecule has 0 N–H and O–H groups in total. The van der Waals surface area contributed by atoms with Gasteiger partial charge in [0.15, 0.2) is 16.1 Å². The molecule has 0 saturated heterocycles. The normalized spacial score (nSPS) is 13.8. The number of fused-ring (bicyclic) bond motifs is 6. The van der Waals surface area contributed by atoms with Gasteiger partial charge in [-0.3, -0.25) is 0 Å². The maximum Gasteiger partial charge on any atom is 0.251 e. The Kier molecular flexibility index (Phi) is 22.3. The Labute approximate surface area is 807 Å². The highest BCUT2D eigenvalue weighted by atomic mass is 79.9. The quantitative estimate of drug-likeness (QED) is 0.107. The van der Waals surface area contributed by atoms with Crippen LogP contribution in [0.4, 0.5) is 85.3 Å². The van der Waals surface area contributed by atoms with Gasteiger partial charge in [-0.25, -0.2) is 0 Å². The van der Waals surface area contributed by atoms with Crippen molar-refractivity contribution in [1.82, 2.24) is 0 Å². The maximum atomic E-state index is 7.34. The topological polar surface area (TPSA) is 16.2 Å². The summed E-state index contributed by atoms with van der Waals surface area (Å²) in [5.41, 5.74) is 30.7. The lowest BCUT2D eigenvalue weighted by atomic mass is 9.33. The molecule has 5 nitrogen and oxygen atoms in total. The summed E-state index contributed by atoms with van der Waals surface area (Å²) >= 11 is 11.6. The van der Waals surface area contributed by atoms with Crippen LogP contribution in [0, 0.1) is 0 Å². The largest absolute Gasteiger partial charge is 0.311 e. The third kappa shape index (κ3) is 15.1. The first-order chi connectivity index (χ1) is 64.8. The number of benzene rings is 18. The van der Waals surface area contributed by atoms with E-state index in [0.29, 0.717) is 5.02 Å². The van der Waals surface area contributed by atoms with Gasteiger partial charge < -0.3 is 24.5 Å². The van der Waals surface area contributed by atoms with Crippen LogP contribution < -0.4 is 82.4 Å². The minimum atomic E-state index is -3.03. The molecule has 0 saturated carbocycles. The van der Waals surface area contributed by atoms with E-state index in [-0.39, 0.29) is 28.4 Å². The van der Waals surface area contributed by atoms with Crippen molar-refractivity contribution >= 4 is 194 Å². The lowest BCUT2D eigenvalue weighted by Gasteiger charge is -2.52. The van der Waals surface area contributed by atoms with Crippen LogP contribution in [0.25, 0.3) is 22.3 Å². The standard InChI is InChI=1S/C68H58BN3Si.C56H50BrClN2Si/c1-67(2,3)48-39-37-47(38-40-48)56-31-19-20-32-57(56)72-59-34-22-36-63-66(59)69-64-60(45-53(46-61(64)72)70(50-23-11-7-12-24-50)51-25-13-8-14-26-51)71(52-43-41-49(42-44-52)68(4,5)6)58-33-21-35-62(65(58)69)73(63,54-27-15-9-16-28-54)55-29-17-10-18-30-55;1-55(2,3)40-29-27-39(28-30-40)50-25-13-14-26-51(50)60-45-18-16-24-49(38-45)61(46-19-9-7-10-20-46,47-21-11-8-12-22-47)48-23-15-17-44(37-48)59(52-35-42(58)36-53(60)54(52)57)43-33-31-41(32-34-43)56(4,5)6/h7-46H,1-6H3;7-38H,1-6H3. The van der Waals surface area contributed by atoms with E-state index < -0.39 is 16.1 Å². The number of para-hydroxylation sites is 4. The summed E-state index contributed by atoms with van der Waals surface area (Å²) in [6.07, 6.45) is 0. The van der Waals surface area contributed by atoms with Gasteiger partial charge in [-0.2, -0.15) is 0 Å². The Balaban J connectivity index is 0.000000164. The molecular formula is C124H108BBrClN5Si2. The van der Waals surface area contributed by atoms with Crippen LogP contribution in [0.15, 0.2) is 441 Å². The maximum absolute atomic E-state index is 7.34. The first-order valence-electron chi connectivity index (χ1n) is 46.9. The Morgan fingerprint density at radius 2 is 0.545 bits per heavy atom. The minimum absolute atomic E-state index is 0.0000239. The molecule has 4 heterocycles. The summed E-state index contributed by atoms with van der Waals surface area (Å²) in [4.78, 5) is 12.5. The predicted molar refractivity (Wildman–Crippen MR) is 584 cm³/mol. The van der Waals surface area contributed by atoms with Crippen molar-refractivity contribution in [2.45, 2.75) is 105 Å². The summed E-state index contributed by atoms with van der Waals surface area (Å²) in [5, 5.41) is 11.6. The molecule has 18 aromatic rings. The number of anilines is 15. The molecule has 22 rings (SSSR count). The fourth-order valence-corrected chi connectivity index (χ4v) is 32.4. The summed E-state index contributed by atoms with van der Waals surface area (Å²) in [7, 11) is -6.02. The van der Waals surface area contributed by atoms with E-state index in [1.165, 1.54) is 114 Å². The molecule has 10 heteroatoms. The number of nitrogens with zero attached hydrogens (tertiary/aromatic N) is 5. The average molecular weight is 1850 g/mol. The van der Waals surface area contributed by atoms with Gasteiger partial charge in [-0.1, -0.05) is 410 Å². The molecule has 0 fully saturated rings. The zero-order valence-corrected chi connectivity index (χ0v) is 82.5. The highest BCUT2D eigenvalue weighted by Crippen LogP contribution is 2.54. The second kappa shape index (κ2) is 34.4. The SMILES string of the molecule is CC(C)(C)c1ccc(-c2ccccc2N2c3cc(N(c4ccccc4)c4ccccc4)cc4c3B3c5c(cccc5[Si](c5ccccc5)(c5ccccc5)c5cccc2c53)N4c2ccc(C(C)(C)C)cc2)cc1.CC(C)(C)c1ccc(-c2ccccc2N2c3cccc(c3)[Si](c3ccccc3)(c3ccccc3)c3cccc(c3)N(c3ccc(C(C)(C)C)cc3)c3cc(Cl)cc2c3Br)cc1. The molecule has 4 aliphatic heterocycles. The fourth-order valence-electron chi connectivity index (χ4n) is 21.5. The van der Waals surface area contributed by atoms with Crippen molar-refractivity contribution in [3.05, 3.63) is 469 Å². The number of hydrogen-bond acceptors (Lipinski definition) is 5. The molecule has 134 heavy (non-hydrogen) atoms. The van der Waals surface area contributed by atoms with Gasteiger partial charge in [0.2, 0.25) is 0 Å². The second-order valence-corrected chi connectivity index (χ2v) is 49.0. The smallest absolute Gasteiger partial charge is 0.251 e. The van der Waals surface area contributed by atoms with Gasteiger partial charge in [0, 0.05) is 73.0 Å². The van der Waals surface area contributed by atoms with Gasteiger partial charge in [0.25, 0.3) is 6.71 Å². The van der Waals surface area contributed by atoms with E-state index in [1.807, 2.05) is 0 Å². The summed E-state index contributed by atoms with van der Waals surface area (Å²) in [6, 6.07) is 164. The predicted octanol–water partition coefficient (Wildman–Crippen LogP) is 27.2. The molecule has 654 valence electrons. The van der Waals surface area contributed by atoms with Gasteiger partial charge in [0.05, 0.1) is 32.9 Å². The average Bonchev–Trinajstić information content (AvgIpc) is 0.659. The van der Waals surface area contributed by atoms with E-state index >= 15 is 0 Å². The molecule has 6 bridgehead atoms. The number of halogens is 2. The molecule has 0 aliphatic carbocycles. The van der Waals surface area contributed by atoms with Crippen LogP contribution in [-0.4, -0.2) is 22.9 Å². The van der Waals surface area contributed by atoms with Crippen molar-refractivity contribution in [3.63, 3.8) is 0 Å². The van der Waals surface area contributed by atoms with Gasteiger partial charge >= 0.3 is 0 Å². The van der Waals surface area contributed by atoms with Gasteiger partial charge in [0.1, 0.15) is 0 Å². The first-order valence-corrected chi connectivity index (χ1v) is 52.1. The Bertz CT molecular complexity index is 7310. The molecule has 0 spiro atoms. The molecule has 0 unspecified atom stereocenters. The van der Waals surface area contributed by atoms with Crippen molar-refractivity contribution in [2.24, 2.45) is 0 Å². The monoisotopic (exact) mass is 1850 g/mol. The van der Waals surface area contributed by atoms with Crippen molar-refractivity contribution in [2.75, 3.05) is 24.5 Å². The molecule has 0 amide bonds. The molecule has 0 aromatic heterocycles. The van der Waals surface area contributed by atoms with Gasteiger partial charge in [-0.15, -0.1) is 0 Å². The lowest BCUT2D eigenvalue weighted by molar-refractivity contribution is 0.590. The second-order valence-electron chi connectivity index (χ2n) is 40.3. The van der Waals surface area contributed by atoms with Crippen LogP contribution in [0.1, 0.15) is 105 Å². The third-order valence-electron chi connectivity index (χ3n) is 28.0. The van der Waals surface area contributed by atoms with E-state index in [1.54, 1.807) is 0 Å². The highest BCUT2D eigenvalue weighted by Gasteiger charge is 2.57. The summed E-state index contributed by atoms with van der Waals surface area (Å²) < 4.78 is 0.931. The zero-order valence-electron chi connectivity index (χ0n) is 78.1. The van der Waals surface area contributed by atoms with Gasteiger partial charge in [-0.05, 0) is 250 Å².